The van der Waals surface area contributed by atoms with E-state index in [2.05, 4.69) is 94.9 Å². The van der Waals surface area contributed by atoms with Gasteiger partial charge in [-0.15, -0.1) is 35.1 Å². The smallest absolute Gasteiger partial charge is 0.227 e. The van der Waals surface area contributed by atoms with Crippen LogP contribution in [-0.2, 0) is 16.0 Å². The largest absolute Gasteiger partial charge is 0.481 e. The number of rotatable bonds is 9. The molecular weight excluding hydrogens is 632 g/mol. The third kappa shape index (κ3) is 6.00. The number of ether oxygens (including phenoxy) is 2. The standard InChI is InChI=1S/C19H17NO2S.C19H19NOS.ClH/c1-20-18(21)15-12-19(15,17-10-5-11-23-17)22-16-9-4-7-13-6-2-3-8-14(13)16;1-20-13-15-12-19(15,18-10-5-11-22-18)21-17-9-4-7-14-6-2-3-8-16(14)17;/h2-11,15H,12H2,1H3,(H,20,21);2-11,15,20H,12-13H2,1H3;1H/t2*15-,19-;/m00./s1. The van der Waals surface area contributed by atoms with E-state index in [1.54, 1.807) is 29.7 Å². The average molecular weight is 669 g/mol. The van der Waals surface area contributed by atoms with Crippen molar-refractivity contribution in [1.29, 1.82) is 0 Å². The van der Waals surface area contributed by atoms with Crippen molar-refractivity contribution in [2.45, 2.75) is 24.0 Å². The number of carbonyl (C=O) groups excluding carboxylic acids is 1. The van der Waals surface area contributed by atoms with E-state index in [9.17, 15) is 4.79 Å². The van der Waals surface area contributed by atoms with Crippen LogP contribution in [0.3, 0.4) is 0 Å². The van der Waals surface area contributed by atoms with Crippen LogP contribution in [0.2, 0.25) is 0 Å². The van der Waals surface area contributed by atoms with Gasteiger partial charge in [0.15, 0.2) is 5.60 Å². The van der Waals surface area contributed by atoms with Gasteiger partial charge in [-0.25, -0.2) is 0 Å². The van der Waals surface area contributed by atoms with Crippen molar-refractivity contribution >= 4 is 62.5 Å². The highest BCUT2D eigenvalue weighted by Gasteiger charge is 2.63. The highest BCUT2D eigenvalue weighted by molar-refractivity contribution is 7.10. The number of halogens is 1. The lowest BCUT2D eigenvalue weighted by Crippen LogP contribution is -2.28. The van der Waals surface area contributed by atoms with Gasteiger partial charge in [-0.05, 0) is 52.8 Å². The second-order valence-electron chi connectivity index (χ2n) is 11.7. The molecule has 0 spiro atoms. The summed E-state index contributed by atoms with van der Waals surface area (Å²) >= 11 is 3.44. The number of hydrogen-bond acceptors (Lipinski definition) is 6. The van der Waals surface area contributed by atoms with E-state index >= 15 is 0 Å². The molecule has 8 heteroatoms. The maximum absolute atomic E-state index is 12.2. The van der Waals surface area contributed by atoms with Crippen LogP contribution in [-0.4, -0.2) is 26.5 Å². The molecule has 2 aromatic heterocycles. The maximum atomic E-state index is 12.2. The Morgan fingerprint density at radius 2 is 1.22 bits per heavy atom. The van der Waals surface area contributed by atoms with Crippen LogP contribution in [0.1, 0.15) is 22.6 Å². The molecule has 0 aliphatic heterocycles. The van der Waals surface area contributed by atoms with Crippen molar-refractivity contribution in [2.24, 2.45) is 11.8 Å². The first-order valence-electron chi connectivity index (χ1n) is 15.4. The number of hydrogen-bond donors (Lipinski definition) is 2. The summed E-state index contributed by atoms with van der Waals surface area (Å²) in [5.41, 5.74) is -0.681. The van der Waals surface area contributed by atoms with Gasteiger partial charge in [-0.2, -0.15) is 0 Å². The normalized spacial score (nSPS) is 22.7. The summed E-state index contributed by atoms with van der Waals surface area (Å²) in [5, 5.41) is 14.9. The Hall–Kier alpha value is -3.88. The molecule has 46 heavy (non-hydrogen) atoms. The number of amides is 1. The SMILES string of the molecule is CNC(=O)[C@@H]1C[C@@]1(Oc1cccc2ccccc12)c1cccs1.CNC[C@@H]1C[C@@]1(Oc1cccc2ccccc12)c1cccs1.Cl. The minimum absolute atomic E-state index is 0. The molecule has 8 rings (SSSR count). The molecule has 0 bridgehead atoms. The molecule has 0 saturated heterocycles. The Kier molecular flexibility index (Phi) is 9.39. The molecule has 2 fully saturated rings. The third-order valence-corrected chi connectivity index (χ3v) is 11.0. The molecule has 2 aliphatic rings. The van der Waals surface area contributed by atoms with Gasteiger partial charge in [0.25, 0.3) is 0 Å². The lowest BCUT2D eigenvalue weighted by molar-refractivity contribution is -0.123. The van der Waals surface area contributed by atoms with Gasteiger partial charge in [0.1, 0.15) is 17.1 Å². The molecule has 4 atom stereocenters. The summed E-state index contributed by atoms with van der Waals surface area (Å²) in [7, 11) is 3.69. The van der Waals surface area contributed by atoms with Crippen LogP contribution in [0, 0.1) is 11.8 Å². The first-order valence-corrected chi connectivity index (χ1v) is 17.1. The van der Waals surface area contributed by atoms with E-state index < -0.39 is 5.60 Å². The molecule has 2 heterocycles. The number of thiophene rings is 2. The molecule has 0 unspecified atom stereocenters. The first kappa shape index (κ1) is 32.1. The molecule has 1 amide bonds. The van der Waals surface area contributed by atoms with Gasteiger partial charge in [-0.1, -0.05) is 84.9 Å². The van der Waals surface area contributed by atoms with E-state index in [-0.39, 0.29) is 29.8 Å². The Labute approximate surface area is 284 Å². The van der Waals surface area contributed by atoms with Gasteiger partial charge < -0.3 is 20.1 Å². The van der Waals surface area contributed by atoms with Gasteiger partial charge in [0.2, 0.25) is 5.91 Å². The fraction of sp³-hybridized carbons (Fsp3) is 0.237. The van der Waals surface area contributed by atoms with Gasteiger partial charge in [0, 0.05) is 52.9 Å². The number of nitrogens with one attached hydrogen (secondary N) is 2. The fourth-order valence-electron chi connectivity index (χ4n) is 6.43. The number of benzene rings is 4. The molecule has 2 N–H and O–H groups in total. The molecule has 5 nitrogen and oxygen atoms in total. The zero-order valence-electron chi connectivity index (χ0n) is 25.8. The summed E-state index contributed by atoms with van der Waals surface area (Å²) < 4.78 is 13.1. The second kappa shape index (κ2) is 13.5. The minimum Gasteiger partial charge on any atom is -0.481 e. The molecule has 2 aliphatic carbocycles. The Morgan fingerprint density at radius 1 is 0.696 bits per heavy atom. The Balaban J connectivity index is 0.000000158. The lowest BCUT2D eigenvalue weighted by atomic mass is 10.1. The minimum atomic E-state index is -0.529. The summed E-state index contributed by atoms with van der Waals surface area (Å²) in [6.45, 7) is 0.989. The van der Waals surface area contributed by atoms with Crippen molar-refractivity contribution < 1.29 is 14.3 Å². The van der Waals surface area contributed by atoms with E-state index in [4.69, 9.17) is 9.47 Å². The second-order valence-corrected chi connectivity index (χ2v) is 13.6. The summed E-state index contributed by atoms with van der Waals surface area (Å²) in [4.78, 5) is 14.6. The van der Waals surface area contributed by atoms with Crippen molar-refractivity contribution in [3.05, 3.63) is 130 Å². The third-order valence-electron chi connectivity index (χ3n) is 8.93. The summed E-state index contributed by atoms with van der Waals surface area (Å²) in [5.74, 6) is 2.27. The highest BCUT2D eigenvalue weighted by Crippen LogP contribution is 2.58. The summed E-state index contributed by atoms with van der Waals surface area (Å²) in [6, 6.07) is 37.3. The quantitative estimate of drug-likeness (QED) is 0.162. The van der Waals surface area contributed by atoms with E-state index in [1.165, 1.54) is 15.6 Å². The van der Waals surface area contributed by atoms with Crippen molar-refractivity contribution in [3.63, 3.8) is 0 Å². The predicted octanol–water partition coefficient (Wildman–Crippen LogP) is 8.78. The molecule has 0 radical (unpaired) electrons. The van der Waals surface area contributed by atoms with Gasteiger partial charge in [-0.3, -0.25) is 4.79 Å². The zero-order chi connectivity index (χ0) is 30.9. The van der Waals surface area contributed by atoms with Gasteiger partial charge >= 0.3 is 0 Å². The van der Waals surface area contributed by atoms with Crippen LogP contribution in [0.4, 0.5) is 0 Å². The molecule has 236 valence electrons. The molecular formula is C38H37ClN2O3S2. The van der Waals surface area contributed by atoms with Crippen LogP contribution < -0.4 is 20.1 Å². The number of carbonyl (C=O) groups is 1. The summed E-state index contributed by atoms with van der Waals surface area (Å²) in [6.07, 6.45) is 1.80. The molecule has 4 aromatic carbocycles. The monoisotopic (exact) mass is 668 g/mol. The molecule has 6 aromatic rings. The Bertz CT molecular complexity index is 1920. The predicted molar refractivity (Wildman–Crippen MR) is 193 cm³/mol. The maximum Gasteiger partial charge on any atom is 0.227 e. The Morgan fingerprint density at radius 3 is 1.74 bits per heavy atom. The van der Waals surface area contributed by atoms with E-state index in [0.29, 0.717) is 5.92 Å². The van der Waals surface area contributed by atoms with E-state index in [0.717, 1.165) is 46.5 Å². The average Bonchev–Trinajstić information content (AvgIpc) is 3.69. The molecule has 2 saturated carbocycles. The highest BCUT2D eigenvalue weighted by atomic mass is 35.5. The van der Waals surface area contributed by atoms with Crippen LogP contribution in [0.5, 0.6) is 11.5 Å². The van der Waals surface area contributed by atoms with Crippen molar-refractivity contribution in [1.82, 2.24) is 10.6 Å². The van der Waals surface area contributed by atoms with Gasteiger partial charge in [0.05, 0.1) is 5.92 Å². The lowest BCUT2D eigenvalue weighted by Gasteiger charge is -2.20. The van der Waals surface area contributed by atoms with Crippen LogP contribution in [0.15, 0.2) is 120 Å². The zero-order valence-corrected chi connectivity index (χ0v) is 28.2. The fourth-order valence-corrected chi connectivity index (χ4v) is 8.31. The first-order chi connectivity index (χ1) is 22.1. The topological polar surface area (TPSA) is 59.6 Å². The van der Waals surface area contributed by atoms with Crippen LogP contribution >= 0.6 is 35.1 Å². The number of fused-ring (bicyclic) bond motifs is 2. The van der Waals surface area contributed by atoms with Crippen molar-refractivity contribution in [3.8, 4) is 11.5 Å². The van der Waals surface area contributed by atoms with E-state index in [1.807, 2.05) is 42.8 Å². The van der Waals surface area contributed by atoms with Crippen molar-refractivity contribution in [2.75, 3.05) is 20.6 Å². The van der Waals surface area contributed by atoms with Crippen LogP contribution in [0.25, 0.3) is 21.5 Å².